The minimum Gasteiger partial charge on any atom is -0.339 e. The second kappa shape index (κ2) is 6.72. The molecule has 0 aliphatic heterocycles. The van der Waals surface area contributed by atoms with Gasteiger partial charge in [0, 0.05) is 25.2 Å². The molecule has 1 aliphatic carbocycles. The van der Waals surface area contributed by atoms with Crippen molar-refractivity contribution in [2.75, 3.05) is 7.05 Å². The number of benzene rings is 1. The van der Waals surface area contributed by atoms with E-state index < -0.39 is 27.1 Å². The lowest BCUT2D eigenvalue weighted by molar-refractivity contribution is -0.395. The average Bonchev–Trinajstić information content (AvgIpc) is 2.54. The summed E-state index contributed by atoms with van der Waals surface area (Å²) in [5, 5.41) is 22.2. The standard InChI is InChI=1S/C15H19N3O5/c1-10-13(17(20)21)8-11(9-14(10)18(22)23)15(19)16(2)12-6-4-3-5-7-12/h8-9,12H,3-7H2,1-2H3. The molecule has 1 aliphatic rings. The third-order valence-corrected chi connectivity index (χ3v) is 4.44. The summed E-state index contributed by atoms with van der Waals surface area (Å²) in [7, 11) is 1.65. The molecule has 0 aromatic heterocycles. The molecule has 1 saturated carbocycles. The van der Waals surface area contributed by atoms with Crippen LogP contribution in [0.2, 0.25) is 0 Å². The van der Waals surface area contributed by atoms with Gasteiger partial charge in [-0.1, -0.05) is 19.3 Å². The molecule has 1 fully saturated rings. The second-order valence-electron chi connectivity index (χ2n) is 5.86. The normalized spacial score (nSPS) is 15.2. The highest BCUT2D eigenvalue weighted by Gasteiger charge is 2.29. The van der Waals surface area contributed by atoms with Gasteiger partial charge in [-0.05, 0) is 19.8 Å². The molecule has 8 heteroatoms. The van der Waals surface area contributed by atoms with E-state index in [2.05, 4.69) is 0 Å². The molecule has 1 amide bonds. The van der Waals surface area contributed by atoms with Gasteiger partial charge in [0.1, 0.15) is 5.56 Å². The molecule has 23 heavy (non-hydrogen) atoms. The minimum atomic E-state index is -0.695. The average molecular weight is 321 g/mol. The minimum absolute atomic E-state index is 0.0120. The van der Waals surface area contributed by atoms with Gasteiger partial charge in [0.05, 0.1) is 15.4 Å². The summed E-state index contributed by atoms with van der Waals surface area (Å²) in [5.41, 5.74) is -0.863. The van der Waals surface area contributed by atoms with Crippen molar-refractivity contribution < 1.29 is 14.6 Å². The molecule has 1 aromatic carbocycles. The Labute approximate surface area is 133 Å². The van der Waals surface area contributed by atoms with Gasteiger partial charge in [0.15, 0.2) is 0 Å². The van der Waals surface area contributed by atoms with Gasteiger partial charge < -0.3 is 4.90 Å². The first kappa shape index (κ1) is 16.9. The zero-order chi connectivity index (χ0) is 17.1. The van der Waals surface area contributed by atoms with Crippen molar-refractivity contribution >= 4 is 17.3 Å². The summed E-state index contributed by atoms with van der Waals surface area (Å²) < 4.78 is 0. The quantitative estimate of drug-likeness (QED) is 0.625. The van der Waals surface area contributed by atoms with Crippen LogP contribution in [0.1, 0.15) is 48.0 Å². The van der Waals surface area contributed by atoms with E-state index in [1.165, 1.54) is 6.92 Å². The molecule has 0 atom stereocenters. The maximum absolute atomic E-state index is 12.6. The van der Waals surface area contributed by atoms with E-state index in [-0.39, 0.29) is 17.2 Å². The van der Waals surface area contributed by atoms with Crippen LogP contribution in [0.25, 0.3) is 0 Å². The van der Waals surface area contributed by atoms with E-state index in [0.29, 0.717) is 0 Å². The van der Waals surface area contributed by atoms with E-state index in [1.807, 2.05) is 0 Å². The molecule has 124 valence electrons. The number of nitro benzene ring substituents is 2. The molecule has 0 N–H and O–H groups in total. The number of carbonyl (C=O) groups is 1. The first-order valence-corrected chi connectivity index (χ1v) is 7.53. The molecule has 0 spiro atoms. The van der Waals surface area contributed by atoms with Gasteiger partial charge in [-0.3, -0.25) is 25.0 Å². The number of amides is 1. The van der Waals surface area contributed by atoms with Gasteiger partial charge in [-0.15, -0.1) is 0 Å². The molecule has 0 heterocycles. The first-order valence-electron chi connectivity index (χ1n) is 7.53. The second-order valence-corrected chi connectivity index (χ2v) is 5.86. The molecule has 0 radical (unpaired) electrons. The van der Waals surface area contributed by atoms with Crippen LogP contribution in [0.15, 0.2) is 12.1 Å². The van der Waals surface area contributed by atoms with Crippen LogP contribution in [-0.4, -0.2) is 33.7 Å². The van der Waals surface area contributed by atoms with E-state index in [9.17, 15) is 25.0 Å². The Morgan fingerprint density at radius 3 is 2.00 bits per heavy atom. The monoisotopic (exact) mass is 321 g/mol. The van der Waals surface area contributed by atoms with Gasteiger partial charge in [0.2, 0.25) is 0 Å². The molecule has 0 unspecified atom stereocenters. The number of hydrogen-bond acceptors (Lipinski definition) is 5. The maximum Gasteiger partial charge on any atom is 0.279 e. The Kier molecular flexibility index (Phi) is 4.92. The van der Waals surface area contributed by atoms with Gasteiger partial charge in [-0.2, -0.15) is 0 Å². The van der Waals surface area contributed by atoms with E-state index >= 15 is 0 Å². The fourth-order valence-corrected chi connectivity index (χ4v) is 3.02. The summed E-state index contributed by atoms with van der Waals surface area (Å²) in [4.78, 5) is 35.0. The van der Waals surface area contributed by atoms with Crippen LogP contribution in [0.5, 0.6) is 0 Å². The van der Waals surface area contributed by atoms with Crippen LogP contribution in [-0.2, 0) is 0 Å². The number of carbonyl (C=O) groups excluding carboxylic acids is 1. The van der Waals surface area contributed by atoms with Crippen molar-refractivity contribution in [3.05, 3.63) is 43.5 Å². The fraction of sp³-hybridized carbons (Fsp3) is 0.533. The molecule has 0 bridgehead atoms. The van der Waals surface area contributed by atoms with Crippen molar-refractivity contribution in [2.24, 2.45) is 0 Å². The van der Waals surface area contributed by atoms with Crippen molar-refractivity contribution in [3.8, 4) is 0 Å². The van der Waals surface area contributed by atoms with Crippen molar-refractivity contribution in [1.82, 2.24) is 4.90 Å². The summed E-state index contributed by atoms with van der Waals surface area (Å²) in [5.74, 6) is -0.414. The van der Waals surface area contributed by atoms with Crippen molar-refractivity contribution in [1.29, 1.82) is 0 Å². The van der Waals surface area contributed by atoms with Crippen LogP contribution in [0.3, 0.4) is 0 Å². The number of nitro groups is 2. The largest absolute Gasteiger partial charge is 0.339 e. The zero-order valence-electron chi connectivity index (χ0n) is 13.2. The lowest BCUT2D eigenvalue weighted by Crippen LogP contribution is -2.38. The SMILES string of the molecule is Cc1c([N+](=O)[O-])cc(C(=O)N(C)C2CCCCC2)cc1[N+](=O)[O-]. The topological polar surface area (TPSA) is 107 Å². The molecular weight excluding hydrogens is 302 g/mol. The highest BCUT2D eigenvalue weighted by molar-refractivity contribution is 5.96. The Hall–Kier alpha value is -2.51. The van der Waals surface area contributed by atoms with E-state index in [1.54, 1.807) is 11.9 Å². The van der Waals surface area contributed by atoms with Crippen LogP contribution >= 0.6 is 0 Å². The summed E-state index contributed by atoms with van der Waals surface area (Å²) in [6.45, 7) is 1.31. The lowest BCUT2D eigenvalue weighted by atomic mass is 9.94. The zero-order valence-corrected chi connectivity index (χ0v) is 13.2. The number of nitrogens with zero attached hydrogens (tertiary/aromatic N) is 3. The maximum atomic E-state index is 12.6. The van der Waals surface area contributed by atoms with Crippen LogP contribution in [0, 0.1) is 27.2 Å². The Bertz CT molecular complexity index is 618. The van der Waals surface area contributed by atoms with Crippen molar-refractivity contribution in [2.45, 2.75) is 45.1 Å². The predicted octanol–water partition coefficient (Wildman–Crippen LogP) is 3.22. The number of rotatable bonds is 4. The molecule has 8 nitrogen and oxygen atoms in total. The van der Waals surface area contributed by atoms with Gasteiger partial charge in [0.25, 0.3) is 17.3 Å². The van der Waals surface area contributed by atoms with Crippen LogP contribution < -0.4 is 0 Å². The third-order valence-electron chi connectivity index (χ3n) is 4.44. The lowest BCUT2D eigenvalue weighted by Gasteiger charge is -2.31. The van der Waals surface area contributed by atoms with Crippen molar-refractivity contribution in [3.63, 3.8) is 0 Å². The van der Waals surface area contributed by atoms with E-state index in [4.69, 9.17) is 0 Å². The van der Waals surface area contributed by atoms with Gasteiger partial charge in [-0.25, -0.2) is 0 Å². The van der Waals surface area contributed by atoms with E-state index in [0.717, 1.165) is 44.2 Å². The molecule has 1 aromatic rings. The summed E-state index contributed by atoms with van der Waals surface area (Å²) in [6.07, 6.45) is 4.99. The highest BCUT2D eigenvalue weighted by Crippen LogP contribution is 2.31. The Morgan fingerprint density at radius 1 is 1.09 bits per heavy atom. The smallest absolute Gasteiger partial charge is 0.279 e. The fourth-order valence-electron chi connectivity index (χ4n) is 3.02. The molecule has 0 saturated heterocycles. The summed E-state index contributed by atoms with van der Waals surface area (Å²) >= 11 is 0. The third kappa shape index (κ3) is 3.46. The van der Waals surface area contributed by atoms with Crippen LogP contribution in [0.4, 0.5) is 11.4 Å². The molecular formula is C15H19N3O5. The van der Waals surface area contributed by atoms with Gasteiger partial charge >= 0.3 is 0 Å². The first-order chi connectivity index (χ1) is 10.8. The Morgan fingerprint density at radius 2 is 1.57 bits per heavy atom. The Balaban J connectivity index is 2.39. The molecule has 2 rings (SSSR count). The predicted molar refractivity (Wildman–Crippen MR) is 83.5 cm³/mol. The summed E-state index contributed by atoms with van der Waals surface area (Å²) in [6, 6.07) is 2.34. The highest BCUT2D eigenvalue weighted by atomic mass is 16.6. The number of hydrogen-bond donors (Lipinski definition) is 0.